The van der Waals surface area contributed by atoms with Gasteiger partial charge in [0.15, 0.2) is 0 Å². The molecular weight excluding hydrogens is 236 g/mol. The molecule has 1 aromatic carbocycles. The number of nitrogens with one attached hydrogen (secondary N) is 1. The molecule has 1 heterocycles. The zero-order valence-electron chi connectivity index (χ0n) is 12.4. The lowest BCUT2D eigenvalue weighted by Crippen LogP contribution is -2.40. The molecule has 1 fully saturated rings. The first-order valence-electron chi connectivity index (χ1n) is 7.22. The molecule has 0 amide bonds. The Hall–Kier alpha value is -1.06. The summed E-state index contributed by atoms with van der Waals surface area (Å²) in [5.74, 6) is 0.731. The summed E-state index contributed by atoms with van der Waals surface area (Å²) in [6, 6.07) is 8.93. The van der Waals surface area contributed by atoms with Crippen LogP contribution in [0.1, 0.15) is 25.3 Å². The molecule has 2 atom stereocenters. The lowest BCUT2D eigenvalue weighted by molar-refractivity contribution is 0.184. The first-order chi connectivity index (χ1) is 9.20. The van der Waals surface area contributed by atoms with E-state index in [1.807, 2.05) is 0 Å². The Balaban J connectivity index is 1.99. The zero-order valence-corrected chi connectivity index (χ0v) is 12.4. The van der Waals surface area contributed by atoms with Crippen molar-refractivity contribution in [2.45, 2.75) is 32.4 Å². The normalized spacial score (nSPS) is 22.2. The summed E-state index contributed by atoms with van der Waals surface area (Å²) in [7, 11) is 3.97. The average Bonchev–Trinajstić information content (AvgIpc) is 2.41. The van der Waals surface area contributed by atoms with Gasteiger partial charge in [-0.15, -0.1) is 0 Å². The average molecular weight is 262 g/mol. The van der Waals surface area contributed by atoms with Gasteiger partial charge in [-0.3, -0.25) is 0 Å². The minimum Gasteiger partial charge on any atom is -0.382 e. The molecule has 2 unspecified atom stereocenters. The molecule has 0 aromatic heterocycles. The highest BCUT2D eigenvalue weighted by atomic mass is 16.5. The van der Waals surface area contributed by atoms with Crippen molar-refractivity contribution in [2.75, 3.05) is 32.6 Å². The molecule has 0 saturated carbocycles. The van der Waals surface area contributed by atoms with Crippen molar-refractivity contribution < 1.29 is 4.74 Å². The van der Waals surface area contributed by atoms with Crippen LogP contribution in [0.25, 0.3) is 0 Å². The van der Waals surface area contributed by atoms with Gasteiger partial charge in [0, 0.05) is 30.9 Å². The highest BCUT2D eigenvalue weighted by Gasteiger charge is 2.23. The Bertz CT molecular complexity index is 394. The van der Waals surface area contributed by atoms with E-state index in [0.29, 0.717) is 12.6 Å². The van der Waals surface area contributed by atoms with E-state index in [1.165, 1.54) is 37.2 Å². The SMILES string of the molecule is COCc1ccccc1NC(C)C1CCCN(C)C1. The predicted octanol–water partition coefficient (Wildman–Crippen LogP) is 2.98. The number of piperidine rings is 1. The largest absolute Gasteiger partial charge is 0.382 e. The third kappa shape index (κ3) is 3.95. The Morgan fingerprint density at radius 2 is 2.21 bits per heavy atom. The van der Waals surface area contributed by atoms with Gasteiger partial charge in [0.2, 0.25) is 0 Å². The van der Waals surface area contributed by atoms with E-state index in [1.54, 1.807) is 7.11 Å². The van der Waals surface area contributed by atoms with E-state index in [-0.39, 0.29) is 0 Å². The molecule has 3 nitrogen and oxygen atoms in total. The molecule has 2 rings (SSSR count). The second-order valence-corrected chi connectivity index (χ2v) is 5.69. The van der Waals surface area contributed by atoms with E-state index < -0.39 is 0 Å². The molecule has 1 aromatic rings. The summed E-state index contributed by atoms with van der Waals surface area (Å²) < 4.78 is 5.26. The Morgan fingerprint density at radius 1 is 1.42 bits per heavy atom. The van der Waals surface area contributed by atoms with E-state index in [0.717, 1.165) is 5.92 Å². The second-order valence-electron chi connectivity index (χ2n) is 5.69. The van der Waals surface area contributed by atoms with Gasteiger partial charge >= 0.3 is 0 Å². The number of ether oxygens (including phenoxy) is 1. The summed E-state index contributed by atoms with van der Waals surface area (Å²) in [6.45, 7) is 5.40. The highest BCUT2D eigenvalue weighted by molar-refractivity contribution is 5.51. The monoisotopic (exact) mass is 262 g/mol. The number of nitrogens with zero attached hydrogens (tertiary/aromatic N) is 1. The number of hydrogen-bond acceptors (Lipinski definition) is 3. The van der Waals surface area contributed by atoms with Gasteiger partial charge in [0.25, 0.3) is 0 Å². The van der Waals surface area contributed by atoms with Crippen LogP contribution < -0.4 is 5.32 Å². The quantitative estimate of drug-likeness (QED) is 0.883. The molecule has 1 saturated heterocycles. The number of para-hydroxylation sites is 1. The molecule has 0 spiro atoms. The summed E-state index contributed by atoms with van der Waals surface area (Å²) in [5.41, 5.74) is 2.45. The summed E-state index contributed by atoms with van der Waals surface area (Å²) in [6.07, 6.45) is 2.64. The molecule has 1 aliphatic heterocycles. The van der Waals surface area contributed by atoms with E-state index in [4.69, 9.17) is 4.74 Å². The van der Waals surface area contributed by atoms with Gasteiger partial charge < -0.3 is 15.0 Å². The van der Waals surface area contributed by atoms with Crippen LogP contribution >= 0.6 is 0 Å². The van der Waals surface area contributed by atoms with Gasteiger partial charge in [-0.1, -0.05) is 18.2 Å². The van der Waals surface area contributed by atoms with Crippen LogP contribution in [0.3, 0.4) is 0 Å². The van der Waals surface area contributed by atoms with Crippen LogP contribution in [-0.4, -0.2) is 38.2 Å². The summed E-state index contributed by atoms with van der Waals surface area (Å²) in [5, 5.41) is 3.68. The molecular formula is C16H26N2O. The van der Waals surface area contributed by atoms with Crippen LogP contribution in [0.4, 0.5) is 5.69 Å². The topological polar surface area (TPSA) is 24.5 Å². The molecule has 1 aliphatic rings. The van der Waals surface area contributed by atoms with Crippen molar-refractivity contribution in [1.29, 1.82) is 0 Å². The molecule has 0 radical (unpaired) electrons. The van der Waals surface area contributed by atoms with E-state index in [9.17, 15) is 0 Å². The van der Waals surface area contributed by atoms with E-state index >= 15 is 0 Å². The van der Waals surface area contributed by atoms with E-state index in [2.05, 4.69) is 48.5 Å². The molecule has 19 heavy (non-hydrogen) atoms. The standard InChI is InChI=1S/C16H26N2O/c1-13(14-8-6-10-18(2)11-14)17-16-9-5-4-7-15(16)12-19-3/h4-5,7,9,13-14,17H,6,8,10-12H2,1-3H3. The van der Waals surface area contributed by atoms with Crippen LogP contribution in [-0.2, 0) is 11.3 Å². The van der Waals surface area contributed by atoms with Gasteiger partial charge in [-0.05, 0) is 45.3 Å². The Morgan fingerprint density at radius 3 is 2.95 bits per heavy atom. The van der Waals surface area contributed by atoms with Crippen LogP contribution in [0.5, 0.6) is 0 Å². The van der Waals surface area contributed by atoms with Crippen molar-refractivity contribution in [2.24, 2.45) is 5.92 Å². The van der Waals surface area contributed by atoms with Gasteiger partial charge in [0.05, 0.1) is 6.61 Å². The molecule has 106 valence electrons. The lowest BCUT2D eigenvalue weighted by atomic mass is 9.91. The first kappa shape index (κ1) is 14.4. The number of anilines is 1. The van der Waals surface area contributed by atoms with Gasteiger partial charge in [0.1, 0.15) is 0 Å². The highest BCUT2D eigenvalue weighted by Crippen LogP contribution is 2.23. The minimum absolute atomic E-state index is 0.501. The zero-order chi connectivity index (χ0) is 13.7. The van der Waals surface area contributed by atoms with Crippen molar-refractivity contribution in [3.05, 3.63) is 29.8 Å². The number of benzene rings is 1. The van der Waals surface area contributed by atoms with Crippen molar-refractivity contribution in [1.82, 2.24) is 4.90 Å². The van der Waals surface area contributed by atoms with Crippen molar-refractivity contribution >= 4 is 5.69 Å². The van der Waals surface area contributed by atoms with Gasteiger partial charge in [-0.25, -0.2) is 0 Å². The maximum atomic E-state index is 5.26. The molecule has 1 N–H and O–H groups in total. The van der Waals surface area contributed by atoms with Crippen LogP contribution in [0.15, 0.2) is 24.3 Å². The fourth-order valence-corrected chi connectivity index (χ4v) is 2.92. The molecule has 0 bridgehead atoms. The Kier molecular flexibility index (Phi) is 5.23. The minimum atomic E-state index is 0.501. The summed E-state index contributed by atoms with van der Waals surface area (Å²) >= 11 is 0. The smallest absolute Gasteiger partial charge is 0.0733 e. The Labute approximate surface area is 116 Å². The second kappa shape index (κ2) is 6.92. The van der Waals surface area contributed by atoms with Gasteiger partial charge in [-0.2, -0.15) is 0 Å². The number of methoxy groups -OCH3 is 1. The maximum absolute atomic E-state index is 5.26. The van der Waals surface area contributed by atoms with Crippen LogP contribution in [0, 0.1) is 5.92 Å². The summed E-state index contributed by atoms with van der Waals surface area (Å²) in [4.78, 5) is 2.44. The van der Waals surface area contributed by atoms with Crippen LogP contribution in [0.2, 0.25) is 0 Å². The van der Waals surface area contributed by atoms with Crippen molar-refractivity contribution in [3.63, 3.8) is 0 Å². The number of hydrogen-bond donors (Lipinski definition) is 1. The predicted molar refractivity (Wildman–Crippen MR) is 80.5 cm³/mol. The third-order valence-corrected chi connectivity index (χ3v) is 4.07. The fraction of sp³-hybridized carbons (Fsp3) is 0.625. The third-order valence-electron chi connectivity index (χ3n) is 4.07. The number of rotatable bonds is 5. The van der Waals surface area contributed by atoms with Crippen molar-refractivity contribution in [3.8, 4) is 0 Å². The molecule has 3 heteroatoms. The molecule has 0 aliphatic carbocycles. The fourth-order valence-electron chi connectivity index (χ4n) is 2.92. The first-order valence-corrected chi connectivity index (χ1v) is 7.22. The maximum Gasteiger partial charge on any atom is 0.0733 e. The number of likely N-dealkylation sites (tertiary alicyclic amines) is 1. The lowest BCUT2D eigenvalue weighted by Gasteiger charge is -2.34.